The molecule has 3 heteroatoms. The normalized spacial score (nSPS) is 12.4. The molecular weight excluding hydrogens is 254 g/mol. The molecular formula is C15H13ClF2. The van der Waals surface area contributed by atoms with E-state index in [0.29, 0.717) is 5.56 Å². The van der Waals surface area contributed by atoms with Crippen molar-refractivity contribution in [3.63, 3.8) is 0 Å². The Morgan fingerprint density at radius 2 is 1.72 bits per heavy atom. The number of benzene rings is 2. The quantitative estimate of drug-likeness (QED) is 0.660. The molecule has 0 nitrogen and oxygen atoms in total. The molecule has 0 spiro atoms. The first-order valence-electron chi connectivity index (χ1n) is 5.81. The maximum absolute atomic E-state index is 13.6. The van der Waals surface area contributed by atoms with Gasteiger partial charge in [0.05, 0.1) is 5.38 Å². The van der Waals surface area contributed by atoms with Gasteiger partial charge in [0.15, 0.2) is 0 Å². The number of rotatable bonds is 3. The second-order valence-corrected chi connectivity index (χ2v) is 4.65. The van der Waals surface area contributed by atoms with Crippen molar-refractivity contribution in [1.29, 1.82) is 0 Å². The predicted molar refractivity (Wildman–Crippen MR) is 70.7 cm³/mol. The summed E-state index contributed by atoms with van der Waals surface area (Å²) < 4.78 is 26.4. The van der Waals surface area contributed by atoms with Crippen molar-refractivity contribution < 1.29 is 8.78 Å². The van der Waals surface area contributed by atoms with Crippen LogP contribution < -0.4 is 0 Å². The Bertz CT molecular complexity index is 535. The van der Waals surface area contributed by atoms with Crippen LogP contribution in [0.2, 0.25) is 0 Å². The lowest BCUT2D eigenvalue weighted by atomic mass is 10.0. The maximum atomic E-state index is 13.6. The topological polar surface area (TPSA) is 0 Å². The largest absolute Gasteiger partial charge is 0.207 e. The summed E-state index contributed by atoms with van der Waals surface area (Å²) in [6.07, 6.45) is 0.839. The van der Waals surface area contributed by atoms with Crippen LogP contribution in [0.4, 0.5) is 8.78 Å². The molecule has 0 N–H and O–H groups in total. The van der Waals surface area contributed by atoms with Crippen molar-refractivity contribution >= 4 is 11.6 Å². The predicted octanol–water partition coefficient (Wildman–Crippen LogP) is 5.32. The number of hydrogen-bond donors (Lipinski definition) is 0. The highest BCUT2D eigenvalue weighted by atomic mass is 35.5. The van der Waals surface area contributed by atoms with E-state index in [4.69, 9.17) is 11.6 Å². The Kier molecular flexibility index (Phi) is 3.97. The van der Waals surface area contributed by atoms with Gasteiger partial charge in [-0.25, -0.2) is 8.78 Å². The van der Waals surface area contributed by atoms with E-state index in [2.05, 4.69) is 0 Å². The zero-order chi connectivity index (χ0) is 13.1. The molecule has 0 amide bonds. The van der Waals surface area contributed by atoms with Crippen LogP contribution in [-0.4, -0.2) is 0 Å². The fourth-order valence-corrected chi connectivity index (χ4v) is 1.98. The molecule has 0 bridgehead atoms. The minimum Gasteiger partial charge on any atom is -0.207 e. The van der Waals surface area contributed by atoms with Crippen molar-refractivity contribution in [2.45, 2.75) is 18.7 Å². The van der Waals surface area contributed by atoms with Crippen molar-refractivity contribution in [3.05, 3.63) is 59.7 Å². The molecule has 1 atom stereocenters. The standard InChI is InChI=1S/C15H13ClF2/c1-2-14(16)11-5-3-10(4-6-11)13-8-7-12(17)9-15(13)18/h3-9,14H,2H2,1H3. The van der Waals surface area contributed by atoms with E-state index in [1.807, 2.05) is 19.1 Å². The van der Waals surface area contributed by atoms with Gasteiger partial charge in [-0.15, -0.1) is 11.6 Å². The van der Waals surface area contributed by atoms with Crippen LogP contribution in [-0.2, 0) is 0 Å². The van der Waals surface area contributed by atoms with Crippen molar-refractivity contribution in [2.24, 2.45) is 0 Å². The lowest BCUT2D eigenvalue weighted by Crippen LogP contribution is -1.90. The molecule has 0 aliphatic heterocycles. The van der Waals surface area contributed by atoms with Crippen LogP contribution in [0.15, 0.2) is 42.5 Å². The zero-order valence-corrected chi connectivity index (χ0v) is 10.7. The molecule has 0 radical (unpaired) electrons. The molecule has 0 aromatic heterocycles. The van der Waals surface area contributed by atoms with E-state index >= 15 is 0 Å². The summed E-state index contributed by atoms with van der Waals surface area (Å²) in [5.74, 6) is -1.12. The van der Waals surface area contributed by atoms with E-state index in [1.54, 1.807) is 12.1 Å². The molecule has 0 aliphatic rings. The third kappa shape index (κ3) is 2.70. The second-order valence-electron chi connectivity index (χ2n) is 4.12. The Hall–Kier alpha value is -1.41. The smallest absolute Gasteiger partial charge is 0.133 e. The summed E-state index contributed by atoms with van der Waals surface area (Å²) in [6, 6.07) is 10.9. The monoisotopic (exact) mass is 266 g/mol. The maximum Gasteiger partial charge on any atom is 0.133 e. The summed E-state index contributed by atoms with van der Waals surface area (Å²) in [5, 5.41) is -0.0304. The molecule has 0 fully saturated rings. The number of alkyl halides is 1. The van der Waals surface area contributed by atoms with Crippen LogP contribution in [0.3, 0.4) is 0 Å². The summed E-state index contributed by atoms with van der Waals surface area (Å²) in [7, 11) is 0. The third-order valence-electron chi connectivity index (χ3n) is 2.87. The molecule has 2 rings (SSSR count). The Balaban J connectivity index is 2.34. The van der Waals surface area contributed by atoms with Gasteiger partial charge in [0.2, 0.25) is 0 Å². The van der Waals surface area contributed by atoms with Crippen LogP contribution in [0, 0.1) is 11.6 Å². The summed E-state index contributed by atoms with van der Waals surface area (Å²) in [5.41, 5.74) is 2.12. The third-order valence-corrected chi connectivity index (χ3v) is 3.43. The molecule has 2 aromatic rings. The molecule has 94 valence electrons. The summed E-state index contributed by atoms with van der Waals surface area (Å²) in [4.78, 5) is 0. The highest BCUT2D eigenvalue weighted by Crippen LogP contribution is 2.28. The Morgan fingerprint density at radius 3 is 2.28 bits per heavy atom. The SMILES string of the molecule is CCC(Cl)c1ccc(-c2ccc(F)cc2F)cc1. The summed E-state index contributed by atoms with van der Waals surface area (Å²) in [6.45, 7) is 2.01. The second kappa shape index (κ2) is 5.49. The molecule has 0 heterocycles. The van der Waals surface area contributed by atoms with Crippen LogP contribution >= 0.6 is 11.6 Å². The van der Waals surface area contributed by atoms with Gasteiger partial charge in [-0.05, 0) is 29.7 Å². The van der Waals surface area contributed by atoms with Gasteiger partial charge in [0.1, 0.15) is 11.6 Å². The summed E-state index contributed by atoms with van der Waals surface area (Å²) >= 11 is 6.12. The van der Waals surface area contributed by atoms with Gasteiger partial charge < -0.3 is 0 Å². The lowest BCUT2D eigenvalue weighted by molar-refractivity contribution is 0.585. The zero-order valence-electron chi connectivity index (χ0n) is 9.96. The van der Waals surface area contributed by atoms with Crippen LogP contribution in [0.25, 0.3) is 11.1 Å². The molecule has 18 heavy (non-hydrogen) atoms. The van der Waals surface area contributed by atoms with Gasteiger partial charge >= 0.3 is 0 Å². The molecule has 0 saturated heterocycles. The minimum absolute atomic E-state index is 0.0304. The highest BCUT2D eigenvalue weighted by molar-refractivity contribution is 6.20. The molecule has 0 saturated carbocycles. The van der Waals surface area contributed by atoms with E-state index in [9.17, 15) is 8.78 Å². The Morgan fingerprint density at radius 1 is 1.06 bits per heavy atom. The fraction of sp³-hybridized carbons (Fsp3) is 0.200. The van der Waals surface area contributed by atoms with Crippen LogP contribution in [0.5, 0.6) is 0 Å². The number of halogens is 3. The van der Waals surface area contributed by atoms with Crippen LogP contribution in [0.1, 0.15) is 24.3 Å². The first-order chi connectivity index (χ1) is 8.61. The number of hydrogen-bond acceptors (Lipinski definition) is 0. The molecule has 2 aromatic carbocycles. The average Bonchev–Trinajstić information content (AvgIpc) is 2.38. The fourth-order valence-electron chi connectivity index (χ4n) is 1.83. The Labute approximate surface area is 110 Å². The van der Waals surface area contributed by atoms with Crippen molar-refractivity contribution in [3.8, 4) is 11.1 Å². The first kappa shape index (κ1) is 13.0. The lowest BCUT2D eigenvalue weighted by Gasteiger charge is -2.08. The van der Waals surface area contributed by atoms with Crippen molar-refractivity contribution in [1.82, 2.24) is 0 Å². The van der Waals surface area contributed by atoms with Gasteiger partial charge in [-0.2, -0.15) is 0 Å². The minimum atomic E-state index is -0.570. The van der Waals surface area contributed by atoms with E-state index in [-0.39, 0.29) is 5.38 Å². The average molecular weight is 267 g/mol. The van der Waals surface area contributed by atoms with Gasteiger partial charge in [-0.3, -0.25) is 0 Å². The van der Waals surface area contributed by atoms with Gasteiger partial charge in [0.25, 0.3) is 0 Å². The first-order valence-corrected chi connectivity index (χ1v) is 6.25. The van der Waals surface area contributed by atoms with Gasteiger partial charge in [0, 0.05) is 11.6 Å². The van der Waals surface area contributed by atoms with E-state index in [1.165, 1.54) is 12.1 Å². The molecule has 0 aliphatic carbocycles. The van der Waals surface area contributed by atoms with E-state index in [0.717, 1.165) is 23.6 Å². The van der Waals surface area contributed by atoms with E-state index < -0.39 is 11.6 Å². The highest BCUT2D eigenvalue weighted by Gasteiger charge is 2.08. The molecule has 1 unspecified atom stereocenters. The van der Waals surface area contributed by atoms with Crippen molar-refractivity contribution in [2.75, 3.05) is 0 Å². The van der Waals surface area contributed by atoms with Gasteiger partial charge in [-0.1, -0.05) is 31.2 Å².